The average Bonchev–Trinajstić information content (AvgIpc) is 3.27. The molecule has 1 amide bonds. The van der Waals surface area contributed by atoms with E-state index < -0.39 is 0 Å². The van der Waals surface area contributed by atoms with Crippen LogP contribution >= 0.6 is 24.0 Å². The van der Waals surface area contributed by atoms with Gasteiger partial charge in [0.15, 0.2) is 0 Å². The summed E-state index contributed by atoms with van der Waals surface area (Å²) in [5.74, 6) is -0.0227. The molecule has 2 fully saturated rings. The topological polar surface area (TPSA) is 50.4 Å². The SMILES string of the molecule is Cl.O=C(NCC1(c2cccc(Cl)c2)CC1)C1CNCCO1. The molecule has 116 valence electrons. The van der Waals surface area contributed by atoms with Gasteiger partial charge in [-0.2, -0.15) is 0 Å². The van der Waals surface area contributed by atoms with Gasteiger partial charge in [0, 0.05) is 30.1 Å². The maximum absolute atomic E-state index is 12.1. The molecule has 1 aromatic carbocycles. The van der Waals surface area contributed by atoms with Gasteiger partial charge in [-0.05, 0) is 30.5 Å². The fourth-order valence-corrected chi connectivity index (χ4v) is 2.83. The highest BCUT2D eigenvalue weighted by molar-refractivity contribution is 6.30. The third kappa shape index (κ3) is 3.89. The molecule has 4 nitrogen and oxygen atoms in total. The predicted molar refractivity (Wildman–Crippen MR) is 85.2 cm³/mol. The largest absolute Gasteiger partial charge is 0.366 e. The Hall–Kier alpha value is -0.810. The number of halogens is 2. The summed E-state index contributed by atoms with van der Waals surface area (Å²) >= 11 is 6.05. The monoisotopic (exact) mass is 330 g/mol. The maximum atomic E-state index is 12.1. The molecule has 1 atom stereocenters. The zero-order chi connectivity index (χ0) is 14.0. The van der Waals surface area contributed by atoms with Crippen molar-refractivity contribution in [3.63, 3.8) is 0 Å². The molecule has 1 aromatic rings. The van der Waals surface area contributed by atoms with E-state index in [0.29, 0.717) is 19.7 Å². The van der Waals surface area contributed by atoms with Crippen molar-refractivity contribution in [3.8, 4) is 0 Å². The summed E-state index contributed by atoms with van der Waals surface area (Å²) in [6.45, 7) is 2.66. The minimum atomic E-state index is -0.362. The van der Waals surface area contributed by atoms with Crippen molar-refractivity contribution in [1.29, 1.82) is 0 Å². The summed E-state index contributed by atoms with van der Waals surface area (Å²) in [7, 11) is 0. The number of carbonyl (C=O) groups is 1. The molecular weight excluding hydrogens is 311 g/mol. The van der Waals surface area contributed by atoms with E-state index in [9.17, 15) is 4.79 Å². The number of morpholine rings is 1. The molecule has 1 unspecified atom stereocenters. The molecule has 1 aliphatic heterocycles. The number of nitrogens with one attached hydrogen (secondary N) is 2. The Morgan fingerprint density at radius 3 is 2.90 bits per heavy atom. The van der Waals surface area contributed by atoms with E-state index in [1.807, 2.05) is 18.2 Å². The lowest BCUT2D eigenvalue weighted by Gasteiger charge is -2.24. The second-order valence-corrected chi connectivity index (χ2v) is 6.01. The standard InChI is InChI=1S/C15H19ClN2O2.ClH/c16-12-3-1-2-11(8-12)15(4-5-15)10-18-14(19)13-9-17-6-7-20-13;/h1-3,8,13,17H,4-7,9-10H2,(H,18,19);1H. The van der Waals surface area contributed by atoms with Crippen molar-refractivity contribution in [2.45, 2.75) is 24.4 Å². The van der Waals surface area contributed by atoms with Gasteiger partial charge in [-0.1, -0.05) is 23.7 Å². The van der Waals surface area contributed by atoms with Gasteiger partial charge in [-0.25, -0.2) is 0 Å². The minimum absolute atomic E-state index is 0. The maximum Gasteiger partial charge on any atom is 0.250 e. The molecule has 0 aromatic heterocycles. The van der Waals surface area contributed by atoms with Crippen LogP contribution < -0.4 is 10.6 Å². The zero-order valence-electron chi connectivity index (χ0n) is 11.7. The van der Waals surface area contributed by atoms with Gasteiger partial charge in [0.1, 0.15) is 6.10 Å². The zero-order valence-corrected chi connectivity index (χ0v) is 13.3. The lowest BCUT2D eigenvalue weighted by Crippen LogP contribution is -2.49. The van der Waals surface area contributed by atoms with E-state index in [-0.39, 0.29) is 29.8 Å². The number of hydrogen-bond acceptors (Lipinski definition) is 3. The summed E-state index contributed by atoms with van der Waals surface area (Å²) in [6, 6.07) is 7.93. The van der Waals surface area contributed by atoms with Gasteiger partial charge >= 0.3 is 0 Å². The average molecular weight is 331 g/mol. The lowest BCUT2D eigenvalue weighted by atomic mass is 9.96. The number of rotatable bonds is 4. The molecule has 0 bridgehead atoms. The first-order valence-corrected chi connectivity index (χ1v) is 7.44. The van der Waals surface area contributed by atoms with Gasteiger partial charge in [0.2, 0.25) is 5.91 Å². The van der Waals surface area contributed by atoms with Crippen LogP contribution in [0.25, 0.3) is 0 Å². The van der Waals surface area contributed by atoms with Crippen molar-refractivity contribution in [2.75, 3.05) is 26.2 Å². The van der Waals surface area contributed by atoms with Crippen LogP contribution in [0.4, 0.5) is 0 Å². The van der Waals surface area contributed by atoms with Crippen molar-refractivity contribution in [1.82, 2.24) is 10.6 Å². The van der Waals surface area contributed by atoms with Gasteiger partial charge in [0.05, 0.1) is 6.61 Å². The van der Waals surface area contributed by atoms with E-state index in [4.69, 9.17) is 16.3 Å². The molecule has 21 heavy (non-hydrogen) atoms. The third-order valence-corrected chi connectivity index (χ3v) is 4.35. The molecule has 0 radical (unpaired) electrons. The third-order valence-electron chi connectivity index (χ3n) is 4.11. The first-order valence-electron chi connectivity index (χ1n) is 7.06. The van der Waals surface area contributed by atoms with E-state index in [0.717, 1.165) is 24.4 Å². The molecule has 1 saturated heterocycles. The van der Waals surface area contributed by atoms with Crippen LogP contribution in [0.1, 0.15) is 18.4 Å². The van der Waals surface area contributed by atoms with E-state index >= 15 is 0 Å². The second kappa shape index (κ2) is 6.97. The quantitative estimate of drug-likeness (QED) is 0.886. The summed E-state index contributed by atoms with van der Waals surface area (Å²) in [6.07, 6.45) is 1.83. The second-order valence-electron chi connectivity index (χ2n) is 5.57. The molecule has 3 rings (SSSR count). The van der Waals surface area contributed by atoms with Crippen LogP contribution in [0.3, 0.4) is 0 Å². The highest BCUT2D eigenvalue weighted by Crippen LogP contribution is 2.48. The summed E-state index contributed by atoms with van der Waals surface area (Å²) in [4.78, 5) is 12.1. The highest BCUT2D eigenvalue weighted by Gasteiger charge is 2.44. The molecule has 2 aliphatic rings. The van der Waals surface area contributed by atoms with E-state index in [1.54, 1.807) is 0 Å². The van der Waals surface area contributed by atoms with Crippen LogP contribution in [0.5, 0.6) is 0 Å². The van der Waals surface area contributed by atoms with Gasteiger partial charge < -0.3 is 15.4 Å². The highest BCUT2D eigenvalue weighted by atomic mass is 35.5. The predicted octanol–water partition coefficient (Wildman–Crippen LogP) is 1.90. The Balaban J connectivity index is 0.00000161. The molecular formula is C15H20Cl2N2O2. The van der Waals surface area contributed by atoms with Crippen LogP contribution in [-0.2, 0) is 14.9 Å². The molecule has 1 aliphatic carbocycles. The Bertz CT molecular complexity index is 500. The van der Waals surface area contributed by atoms with Gasteiger partial charge in [-0.3, -0.25) is 4.79 Å². The van der Waals surface area contributed by atoms with Crippen LogP contribution in [0.2, 0.25) is 5.02 Å². The van der Waals surface area contributed by atoms with Crippen LogP contribution in [0, 0.1) is 0 Å². The fraction of sp³-hybridized carbons (Fsp3) is 0.533. The number of amides is 1. The number of hydrogen-bond donors (Lipinski definition) is 2. The van der Waals surface area contributed by atoms with Crippen molar-refractivity contribution in [3.05, 3.63) is 34.9 Å². The molecule has 1 heterocycles. The Morgan fingerprint density at radius 2 is 2.29 bits per heavy atom. The van der Waals surface area contributed by atoms with Crippen molar-refractivity contribution >= 4 is 29.9 Å². The molecule has 2 N–H and O–H groups in total. The summed E-state index contributed by atoms with van der Waals surface area (Å²) < 4.78 is 5.45. The Morgan fingerprint density at radius 1 is 1.48 bits per heavy atom. The number of benzene rings is 1. The smallest absolute Gasteiger partial charge is 0.250 e. The van der Waals surface area contributed by atoms with E-state index in [1.165, 1.54) is 5.56 Å². The summed E-state index contributed by atoms with van der Waals surface area (Å²) in [5.41, 5.74) is 1.29. The Labute approximate surface area is 136 Å². The normalized spacial score (nSPS) is 23.0. The number of ether oxygens (including phenoxy) is 1. The minimum Gasteiger partial charge on any atom is -0.366 e. The van der Waals surface area contributed by atoms with Crippen LogP contribution in [-0.4, -0.2) is 38.3 Å². The van der Waals surface area contributed by atoms with Gasteiger partial charge in [-0.15, -0.1) is 12.4 Å². The molecule has 6 heteroatoms. The first kappa shape index (κ1) is 16.6. The molecule has 1 saturated carbocycles. The van der Waals surface area contributed by atoms with Crippen molar-refractivity contribution < 1.29 is 9.53 Å². The lowest BCUT2D eigenvalue weighted by molar-refractivity contribution is -0.134. The molecule has 0 spiro atoms. The number of carbonyl (C=O) groups excluding carboxylic acids is 1. The summed E-state index contributed by atoms with van der Waals surface area (Å²) in [5, 5.41) is 6.94. The fourth-order valence-electron chi connectivity index (χ4n) is 2.64. The van der Waals surface area contributed by atoms with Crippen LogP contribution in [0.15, 0.2) is 24.3 Å². The van der Waals surface area contributed by atoms with Gasteiger partial charge in [0.25, 0.3) is 0 Å². The Kier molecular flexibility index (Phi) is 5.49. The van der Waals surface area contributed by atoms with E-state index in [2.05, 4.69) is 16.7 Å². The van der Waals surface area contributed by atoms with Crippen molar-refractivity contribution in [2.24, 2.45) is 0 Å². The first-order chi connectivity index (χ1) is 9.70.